The number of nitrogens with zero attached hydrogens (tertiary/aromatic N) is 1. The first-order chi connectivity index (χ1) is 8.58. The molecule has 0 amide bonds. The van der Waals surface area contributed by atoms with Crippen LogP contribution in [0.3, 0.4) is 0 Å². The molecule has 4 heteroatoms. The number of aliphatic hydroxyl groups excluding tert-OH is 1. The second kappa shape index (κ2) is 5.74. The summed E-state index contributed by atoms with van der Waals surface area (Å²) in [5, 5.41) is 9.78. The molecule has 0 saturated carbocycles. The van der Waals surface area contributed by atoms with Gasteiger partial charge in [-0.15, -0.1) is 11.3 Å². The van der Waals surface area contributed by atoms with Crippen molar-refractivity contribution in [3.63, 3.8) is 0 Å². The van der Waals surface area contributed by atoms with Crippen LogP contribution in [0.25, 0.3) is 0 Å². The maximum atomic E-state index is 9.78. The van der Waals surface area contributed by atoms with Gasteiger partial charge >= 0.3 is 0 Å². The predicted molar refractivity (Wildman–Crippen MR) is 78.5 cm³/mol. The van der Waals surface area contributed by atoms with Crippen molar-refractivity contribution in [3.8, 4) is 0 Å². The Labute approximate surface area is 116 Å². The van der Waals surface area contributed by atoms with Crippen LogP contribution in [0.2, 0.25) is 4.34 Å². The third-order valence-electron chi connectivity index (χ3n) is 2.82. The zero-order valence-electron chi connectivity index (χ0n) is 10.4. The van der Waals surface area contributed by atoms with Gasteiger partial charge in [0.2, 0.25) is 0 Å². The fourth-order valence-electron chi connectivity index (χ4n) is 1.94. The first-order valence-electron chi connectivity index (χ1n) is 5.80. The highest BCUT2D eigenvalue weighted by Crippen LogP contribution is 2.28. The van der Waals surface area contributed by atoms with Gasteiger partial charge in [-0.2, -0.15) is 0 Å². The van der Waals surface area contributed by atoms with Gasteiger partial charge in [0.1, 0.15) is 0 Å². The number of aliphatic hydroxyl groups is 1. The summed E-state index contributed by atoms with van der Waals surface area (Å²) in [7, 11) is 2.02. The Kier molecular flexibility index (Phi) is 4.27. The minimum atomic E-state index is -0.462. The van der Waals surface area contributed by atoms with E-state index in [9.17, 15) is 5.11 Å². The largest absolute Gasteiger partial charge is 0.389 e. The summed E-state index contributed by atoms with van der Waals surface area (Å²) in [6.07, 6.45) is -0.462. The summed E-state index contributed by atoms with van der Waals surface area (Å²) in [4.78, 5) is 3.34. The highest BCUT2D eigenvalue weighted by molar-refractivity contribution is 7.16. The zero-order chi connectivity index (χ0) is 13.1. The smallest absolute Gasteiger partial charge is 0.0931 e. The number of thiophene rings is 1. The van der Waals surface area contributed by atoms with E-state index in [-0.39, 0.29) is 0 Å². The summed E-state index contributed by atoms with van der Waals surface area (Å²) in [6, 6.07) is 11.9. The van der Waals surface area contributed by atoms with Crippen LogP contribution in [-0.2, 0) is 6.54 Å². The first-order valence-corrected chi connectivity index (χ1v) is 6.99. The molecule has 2 rings (SSSR count). The van der Waals surface area contributed by atoms with Gasteiger partial charge in [-0.3, -0.25) is 0 Å². The molecule has 0 radical (unpaired) electrons. The van der Waals surface area contributed by atoms with E-state index < -0.39 is 6.10 Å². The monoisotopic (exact) mass is 281 g/mol. The lowest BCUT2D eigenvalue weighted by Crippen LogP contribution is -2.17. The van der Waals surface area contributed by atoms with Crippen molar-refractivity contribution in [2.75, 3.05) is 11.9 Å². The summed E-state index contributed by atoms with van der Waals surface area (Å²) < 4.78 is 0.808. The molecule has 1 N–H and O–H groups in total. The van der Waals surface area contributed by atoms with Crippen LogP contribution in [0.15, 0.2) is 36.4 Å². The van der Waals surface area contributed by atoms with E-state index in [4.69, 9.17) is 11.6 Å². The van der Waals surface area contributed by atoms with Crippen LogP contribution >= 0.6 is 22.9 Å². The molecule has 1 unspecified atom stereocenters. The molecule has 1 aromatic heterocycles. The van der Waals surface area contributed by atoms with Crippen molar-refractivity contribution in [2.45, 2.75) is 19.6 Å². The molecule has 2 nitrogen and oxygen atoms in total. The molecule has 0 spiro atoms. The molecule has 0 aliphatic rings. The quantitative estimate of drug-likeness (QED) is 0.912. The topological polar surface area (TPSA) is 23.5 Å². The minimum Gasteiger partial charge on any atom is -0.389 e. The summed E-state index contributed by atoms with van der Waals surface area (Å²) in [5.41, 5.74) is 2.00. The van der Waals surface area contributed by atoms with Crippen molar-refractivity contribution in [2.24, 2.45) is 0 Å². The third kappa shape index (κ3) is 3.05. The van der Waals surface area contributed by atoms with Gasteiger partial charge in [0, 0.05) is 23.2 Å². The van der Waals surface area contributed by atoms with Gasteiger partial charge in [0.25, 0.3) is 0 Å². The number of halogens is 1. The van der Waals surface area contributed by atoms with E-state index in [0.29, 0.717) is 0 Å². The Morgan fingerprint density at radius 1 is 1.28 bits per heavy atom. The van der Waals surface area contributed by atoms with Crippen molar-refractivity contribution < 1.29 is 5.11 Å². The Hall–Kier alpha value is -1.03. The van der Waals surface area contributed by atoms with E-state index >= 15 is 0 Å². The van der Waals surface area contributed by atoms with Crippen LogP contribution in [0.5, 0.6) is 0 Å². The molecular weight excluding hydrogens is 266 g/mol. The van der Waals surface area contributed by atoms with Crippen LogP contribution in [-0.4, -0.2) is 12.2 Å². The van der Waals surface area contributed by atoms with Gasteiger partial charge in [-0.05, 0) is 25.1 Å². The molecule has 96 valence electrons. The average molecular weight is 282 g/mol. The van der Waals surface area contributed by atoms with Crippen LogP contribution in [0, 0.1) is 0 Å². The molecule has 18 heavy (non-hydrogen) atoms. The second-order valence-corrected chi connectivity index (χ2v) is 6.10. The van der Waals surface area contributed by atoms with Gasteiger partial charge < -0.3 is 10.0 Å². The van der Waals surface area contributed by atoms with Crippen molar-refractivity contribution >= 4 is 28.6 Å². The van der Waals surface area contributed by atoms with Crippen LogP contribution < -0.4 is 4.90 Å². The Balaban J connectivity index is 2.20. The summed E-state index contributed by atoms with van der Waals surface area (Å²) >= 11 is 7.52. The predicted octanol–water partition coefficient (Wildman–Crippen LogP) is 4.09. The van der Waals surface area contributed by atoms with Crippen molar-refractivity contribution in [1.82, 2.24) is 0 Å². The Morgan fingerprint density at radius 3 is 2.61 bits per heavy atom. The number of anilines is 1. The maximum Gasteiger partial charge on any atom is 0.0931 e. The standard InChI is InChI=1S/C14H16ClNOS/c1-10(17)12-5-3-4-6-13(12)16(2)9-11-7-8-14(15)18-11/h3-8,10,17H,9H2,1-2H3. The van der Waals surface area contributed by atoms with Gasteiger partial charge in [0.05, 0.1) is 17.0 Å². The van der Waals surface area contributed by atoms with Crippen LogP contribution in [0.1, 0.15) is 23.5 Å². The average Bonchev–Trinajstić information content (AvgIpc) is 2.74. The normalized spacial score (nSPS) is 12.4. The van der Waals surface area contributed by atoms with Crippen molar-refractivity contribution in [1.29, 1.82) is 0 Å². The number of benzene rings is 1. The summed E-state index contributed by atoms with van der Waals surface area (Å²) in [5.74, 6) is 0. The maximum absolute atomic E-state index is 9.78. The van der Waals surface area contributed by atoms with Crippen LogP contribution in [0.4, 0.5) is 5.69 Å². The molecule has 1 aromatic carbocycles. The number of para-hydroxylation sites is 1. The third-order valence-corrected chi connectivity index (χ3v) is 4.04. The van der Waals surface area contributed by atoms with E-state index in [0.717, 1.165) is 22.1 Å². The number of hydrogen-bond donors (Lipinski definition) is 1. The second-order valence-electron chi connectivity index (χ2n) is 4.30. The molecule has 1 atom stereocenters. The molecular formula is C14H16ClNOS. The molecule has 0 bridgehead atoms. The lowest BCUT2D eigenvalue weighted by molar-refractivity contribution is 0.199. The SMILES string of the molecule is CC(O)c1ccccc1N(C)Cc1ccc(Cl)s1. The molecule has 2 aromatic rings. The van der Waals surface area contributed by atoms with E-state index in [1.165, 1.54) is 4.88 Å². The first kappa shape index (κ1) is 13.4. The highest BCUT2D eigenvalue weighted by Gasteiger charge is 2.11. The number of rotatable bonds is 4. The molecule has 0 aliphatic heterocycles. The fraction of sp³-hybridized carbons (Fsp3) is 0.286. The lowest BCUT2D eigenvalue weighted by atomic mass is 10.1. The molecule has 0 fully saturated rings. The Bertz CT molecular complexity index is 524. The highest BCUT2D eigenvalue weighted by atomic mass is 35.5. The lowest BCUT2D eigenvalue weighted by Gasteiger charge is -2.23. The van der Waals surface area contributed by atoms with E-state index in [1.54, 1.807) is 18.3 Å². The molecule has 0 aliphatic carbocycles. The minimum absolute atomic E-state index is 0.462. The van der Waals surface area contributed by atoms with E-state index in [2.05, 4.69) is 4.90 Å². The Morgan fingerprint density at radius 2 is 2.00 bits per heavy atom. The van der Waals surface area contributed by atoms with E-state index in [1.807, 2.05) is 43.4 Å². The van der Waals surface area contributed by atoms with Crippen molar-refractivity contribution in [3.05, 3.63) is 51.2 Å². The number of hydrogen-bond acceptors (Lipinski definition) is 3. The van der Waals surface area contributed by atoms with Gasteiger partial charge in [-0.25, -0.2) is 0 Å². The van der Waals surface area contributed by atoms with Gasteiger partial charge in [0.15, 0.2) is 0 Å². The molecule has 1 heterocycles. The summed E-state index contributed by atoms with van der Waals surface area (Å²) in [6.45, 7) is 2.58. The fourth-order valence-corrected chi connectivity index (χ4v) is 3.09. The molecule has 0 saturated heterocycles. The van der Waals surface area contributed by atoms with Gasteiger partial charge in [-0.1, -0.05) is 29.8 Å². The zero-order valence-corrected chi connectivity index (χ0v) is 12.0.